The molecule has 0 N–H and O–H groups in total. The summed E-state index contributed by atoms with van der Waals surface area (Å²) in [6.07, 6.45) is 2.12. The Balaban J connectivity index is 1.31. The van der Waals surface area contributed by atoms with E-state index in [4.69, 9.17) is 23.4 Å². The zero-order valence-corrected chi connectivity index (χ0v) is 24.3. The van der Waals surface area contributed by atoms with Crippen molar-refractivity contribution in [3.8, 4) is 5.75 Å². The maximum Gasteiger partial charge on any atom is 0.261 e. The molecule has 0 radical (unpaired) electrons. The maximum absolute atomic E-state index is 7.06. The Labute approximate surface area is 233 Å². The summed E-state index contributed by atoms with van der Waals surface area (Å²) in [5, 5.41) is 2.38. The molecule has 0 spiro atoms. The first-order chi connectivity index (χ1) is 18.8. The van der Waals surface area contributed by atoms with Gasteiger partial charge in [0.1, 0.15) is 23.7 Å². The van der Waals surface area contributed by atoms with Crippen LogP contribution in [-0.4, -0.2) is 40.8 Å². The summed E-state index contributed by atoms with van der Waals surface area (Å²) >= 11 is 0. The second kappa shape index (κ2) is 11.5. The van der Waals surface area contributed by atoms with Crippen LogP contribution in [0.3, 0.4) is 0 Å². The second-order valence-electron chi connectivity index (χ2n) is 11.1. The molecule has 0 bridgehead atoms. The van der Waals surface area contributed by atoms with Crippen LogP contribution in [0, 0.1) is 0 Å². The molecular formula is C33H38O5Si. The van der Waals surface area contributed by atoms with Gasteiger partial charge in [0, 0.05) is 11.1 Å². The highest BCUT2D eigenvalue weighted by Crippen LogP contribution is 2.38. The van der Waals surface area contributed by atoms with E-state index in [1.165, 1.54) is 10.4 Å². The van der Waals surface area contributed by atoms with E-state index in [0.29, 0.717) is 13.2 Å². The highest BCUT2D eigenvalue weighted by atomic mass is 28.4. The molecular weight excluding hydrogens is 504 g/mol. The predicted molar refractivity (Wildman–Crippen MR) is 157 cm³/mol. The van der Waals surface area contributed by atoms with Gasteiger partial charge in [-0.05, 0) is 40.0 Å². The van der Waals surface area contributed by atoms with Gasteiger partial charge in [-0.2, -0.15) is 0 Å². The minimum absolute atomic E-state index is 0.0833. The van der Waals surface area contributed by atoms with E-state index in [1.807, 2.05) is 24.3 Å². The smallest absolute Gasteiger partial charge is 0.261 e. The molecule has 204 valence electrons. The summed E-state index contributed by atoms with van der Waals surface area (Å²) in [6.45, 7) is 12.0. The average molecular weight is 543 g/mol. The highest BCUT2D eigenvalue weighted by Gasteiger charge is 2.50. The Hall–Kier alpha value is -3.16. The molecule has 5 rings (SSSR count). The van der Waals surface area contributed by atoms with Crippen molar-refractivity contribution in [3.05, 3.63) is 114 Å². The van der Waals surface area contributed by atoms with E-state index >= 15 is 0 Å². The van der Waals surface area contributed by atoms with Crippen molar-refractivity contribution < 1.29 is 23.4 Å². The molecule has 2 aliphatic rings. The summed E-state index contributed by atoms with van der Waals surface area (Å²) in [6, 6.07) is 29.1. The zero-order chi connectivity index (χ0) is 27.5. The van der Waals surface area contributed by atoms with E-state index in [0.717, 1.165) is 29.1 Å². The number of rotatable bonds is 8. The van der Waals surface area contributed by atoms with Crippen molar-refractivity contribution in [3.63, 3.8) is 0 Å². The zero-order valence-electron chi connectivity index (χ0n) is 23.3. The summed E-state index contributed by atoms with van der Waals surface area (Å²) < 4.78 is 31.0. The SMILES string of the molecule is C=C(CO[Si](c1ccccc1)(c1ccccc1)C(C)(C)C)C1=CC[C@@H]2O[C@H](c3ccc(OC)cc3)OC[C@H]2O1. The maximum atomic E-state index is 7.06. The first-order valence-corrected chi connectivity index (χ1v) is 15.4. The highest BCUT2D eigenvalue weighted by molar-refractivity contribution is 6.99. The summed E-state index contributed by atoms with van der Waals surface area (Å²) in [4.78, 5) is 0. The van der Waals surface area contributed by atoms with Crippen LogP contribution >= 0.6 is 0 Å². The Bertz CT molecular complexity index is 1240. The molecule has 6 heteroatoms. The van der Waals surface area contributed by atoms with Crippen LogP contribution in [0.5, 0.6) is 5.75 Å². The van der Waals surface area contributed by atoms with Gasteiger partial charge in [-0.3, -0.25) is 0 Å². The fraction of sp³-hybridized carbons (Fsp3) is 0.333. The van der Waals surface area contributed by atoms with Crippen molar-refractivity contribution in [2.24, 2.45) is 0 Å². The van der Waals surface area contributed by atoms with Gasteiger partial charge in [0.15, 0.2) is 6.29 Å². The standard InChI is InChI=1S/C33H38O5Si/c1-24(22-36-39(33(2,3)4,27-12-8-6-9-13-27)28-14-10-7-11-15-28)29-20-21-30-31(37-29)23-35-32(38-30)25-16-18-26(34-5)19-17-25/h6-20,30-32H,1,21-23H2,2-5H3/t30-,31+,32+/m0/s1. The fourth-order valence-electron chi connectivity index (χ4n) is 5.52. The van der Waals surface area contributed by atoms with Crippen molar-refractivity contribution in [2.75, 3.05) is 20.3 Å². The van der Waals surface area contributed by atoms with Gasteiger partial charge in [-0.15, -0.1) is 0 Å². The quantitative estimate of drug-likeness (QED) is 0.331. The lowest BCUT2D eigenvalue weighted by Crippen LogP contribution is -2.66. The average Bonchev–Trinajstić information content (AvgIpc) is 2.97. The third kappa shape index (κ3) is 5.61. The van der Waals surface area contributed by atoms with Crippen LogP contribution in [0.1, 0.15) is 39.0 Å². The lowest BCUT2D eigenvalue weighted by Gasteiger charge is -2.43. The van der Waals surface area contributed by atoms with Gasteiger partial charge in [0.05, 0.1) is 20.3 Å². The Morgan fingerprint density at radius 2 is 1.51 bits per heavy atom. The monoisotopic (exact) mass is 542 g/mol. The van der Waals surface area contributed by atoms with Crippen LogP contribution in [-0.2, 0) is 18.6 Å². The lowest BCUT2D eigenvalue weighted by molar-refractivity contribution is -0.261. The lowest BCUT2D eigenvalue weighted by atomic mass is 10.0. The van der Waals surface area contributed by atoms with Gasteiger partial charge in [0.25, 0.3) is 8.32 Å². The predicted octanol–water partition coefficient (Wildman–Crippen LogP) is 5.91. The van der Waals surface area contributed by atoms with Crippen LogP contribution in [0.25, 0.3) is 0 Å². The molecule has 2 heterocycles. The van der Waals surface area contributed by atoms with E-state index in [2.05, 4.69) is 94.1 Å². The fourth-order valence-corrected chi connectivity index (χ4v) is 10.1. The van der Waals surface area contributed by atoms with Gasteiger partial charge >= 0.3 is 0 Å². The molecule has 0 amide bonds. The summed E-state index contributed by atoms with van der Waals surface area (Å²) in [7, 11) is -1.01. The molecule has 0 aromatic heterocycles. The van der Waals surface area contributed by atoms with E-state index < -0.39 is 14.6 Å². The number of benzene rings is 3. The number of hydrogen-bond donors (Lipinski definition) is 0. The molecule has 1 fully saturated rings. The molecule has 1 saturated heterocycles. The summed E-state index contributed by atoms with van der Waals surface area (Å²) in [5.74, 6) is 1.57. The minimum atomic E-state index is -2.67. The van der Waals surface area contributed by atoms with Gasteiger partial charge in [-0.1, -0.05) is 100 Å². The Morgan fingerprint density at radius 3 is 2.08 bits per heavy atom. The third-order valence-corrected chi connectivity index (χ3v) is 12.5. The van der Waals surface area contributed by atoms with Gasteiger partial charge in [-0.25, -0.2) is 0 Å². The first-order valence-electron chi connectivity index (χ1n) is 13.5. The van der Waals surface area contributed by atoms with Crippen LogP contribution in [0.15, 0.2) is 109 Å². The van der Waals surface area contributed by atoms with Crippen molar-refractivity contribution >= 4 is 18.7 Å². The second-order valence-corrected chi connectivity index (χ2v) is 15.4. The molecule has 3 aromatic rings. The molecule has 39 heavy (non-hydrogen) atoms. The summed E-state index contributed by atoms with van der Waals surface area (Å²) in [5.41, 5.74) is 1.80. The van der Waals surface area contributed by atoms with Crippen LogP contribution < -0.4 is 15.1 Å². The Morgan fingerprint density at radius 1 is 0.897 bits per heavy atom. The normalized spacial score (nSPS) is 21.3. The van der Waals surface area contributed by atoms with Crippen LogP contribution in [0.2, 0.25) is 5.04 Å². The van der Waals surface area contributed by atoms with Gasteiger partial charge in [0.2, 0.25) is 0 Å². The molecule has 5 nitrogen and oxygen atoms in total. The molecule has 0 saturated carbocycles. The van der Waals surface area contributed by atoms with Crippen LogP contribution in [0.4, 0.5) is 0 Å². The first kappa shape index (κ1) is 27.4. The molecule has 0 aliphatic carbocycles. The number of ether oxygens (including phenoxy) is 4. The molecule has 2 aliphatic heterocycles. The molecule has 3 atom stereocenters. The van der Waals surface area contributed by atoms with Crippen molar-refractivity contribution in [2.45, 2.75) is 50.7 Å². The topological polar surface area (TPSA) is 46.2 Å². The van der Waals surface area contributed by atoms with Crippen molar-refractivity contribution in [1.82, 2.24) is 0 Å². The van der Waals surface area contributed by atoms with E-state index in [-0.39, 0.29) is 17.2 Å². The Kier molecular flexibility index (Phi) is 8.10. The third-order valence-electron chi connectivity index (χ3n) is 7.55. The number of methoxy groups -OCH3 is 1. The van der Waals surface area contributed by atoms with Crippen molar-refractivity contribution in [1.29, 1.82) is 0 Å². The molecule has 3 aromatic carbocycles. The number of hydrogen-bond acceptors (Lipinski definition) is 5. The number of fused-ring (bicyclic) bond motifs is 1. The largest absolute Gasteiger partial charge is 0.497 e. The molecule has 0 unspecified atom stereocenters. The van der Waals surface area contributed by atoms with Gasteiger partial charge < -0.3 is 23.4 Å². The minimum Gasteiger partial charge on any atom is -0.497 e. The van der Waals surface area contributed by atoms with E-state index in [1.54, 1.807) is 7.11 Å². The van der Waals surface area contributed by atoms with E-state index in [9.17, 15) is 0 Å².